The summed E-state index contributed by atoms with van der Waals surface area (Å²) in [6, 6.07) is 15.0. The first kappa shape index (κ1) is 15.8. The van der Waals surface area contributed by atoms with Gasteiger partial charge in [-0.3, -0.25) is 0 Å². The average Bonchev–Trinajstić information content (AvgIpc) is 3.16. The Morgan fingerprint density at radius 3 is 2.00 bits per heavy atom. The lowest BCUT2D eigenvalue weighted by atomic mass is 9.80. The molecule has 1 unspecified atom stereocenters. The van der Waals surface area contributed by atoms with Crippen LogP contribution in [0.5, 0.6) is 11.5 Å². The van der Waals surface area contributed by atoms with Crippen LogP contribution in [0.4, 0.5) is 0 Å². The van der Waals surface area contributed by atoms with Crippen LogP contribution in [-0.2, 0) is 10.3 Å². The van der Waals surface area contributed by atoms with Crippen LogP contribution in [0.15, 0.2) is 48.5 Å². The summed E-state index contributed by atoms with van der Waals surface area (Å²) >= 11 is 0. The van der Waals surface area contributed by atoms with Gasteiger partial charge >= 0.3 is 0 Å². The SMILES string of the molecule is COc1cccc(C(O)(c2cccc(OC)c2)C2CCCO2)c1. The van der Waals surface area contributed by atoms with Gasteiger partial charge in [0.1, 0.15) is 17.1 Å². The van der Waals surface area contributed by atoms with E-state index in [0.29, 0.717) is 18.1 Å². The fourth-order valence-corrected chi connectivity index (χ4v) is 3.17. The topological polar surface area (TPSA) is 47.9 Å². The number of ether oxygens (including phenoxy) is 3. The number of hydrogen-bond donors (Lipinski definition) is 1. The van der Waals surface area contributed by atoms with Crippen molar-refractivity contribution in [3.8, 4) is 11.5 Å². The Hall–Kier alpha value is -2.04. The summed E-state index contributed by atoms with van der Waals surface area (Å²) in [7, 11) is 3.24. The third kappa shape index (κ3) is 2.92. The van der Waals surface area contributed by atoms with Crippen LogP contribution in [0.1, 0.15) is 24.0 Å². The van der Waals surface area contributed by atoms with Crippen molar-refractivity contribution >= 4 is 0 Å². The number of benzene rings is 2. The third-order valence-electron chi connectivity index (χ3n) is 4.42. The van der Waals surface area contributed by atoms with Gasteiger partial charge in [-0.25, -0.2) is 0 Å². The second kappa shape index (κ2) is 6.60. The molecule has 122 valence electrons. The van der Waals surface area contributed by atoms with Gasteiger partial charge in [-0.15, -0.1) is 0 Å². The molecule has 0 radical (unpaired) electrons. The van der Waals surface area contributed by atoms with Crippen LogP contribution >= 0.6 is 0 Å². The molecule has 1 atom stereocenters. The van der Waals surface area contributed by atoms with Gasteiger partial charge in [-0.2, -0.15) is 0 Å². The summed E-state index contributed by atoms with van der Waals surface area (Å²) in [6.07, 6.45) is 1.47. The second-order valence-electron chi connectivity index (χ2n) is 5.73. The van der Waals surface area contributed by atoms with E-state index in [4.69, 9.17) is 14.2 Å². The molecule has 1 heterocycles. The summed E-state index contributed by atoms with van der Waals surface area (Å²) in [6.45, 7) is 0.668. The zero-order valence-corrected chi connectivity index (χ0v) is 13.5. The summed E-state index contributed by atoms with van der Waals surface area (Å²) in [5.74, 6) is 1.42. The minimum absolute atomic E-state index is 0.290. The zero-order chi connectivity index (χ0) is 16.3. The highest BCUT2D eigenvalue weighted by molar-refractivity contribution is 5.44. The van der Waals surface area contributed by atoms with Crippen molar-refractivity contribution in [3.63, 3.8) is 0 Å². The Balaban J connectivity index is 2.12. The fraction of sp³-hybridized carbons (Fsp3) is 0.368. The van der Waals surface area contributed by atoms with E-state index in [9.17, 15) is 5.11 Å². The monoisotopic (exact) mass is 314 g/mol. The van der Waals surface area contributed by atoms with Gasteiger partial charge in [0, 0.05) is 6.61 Å². The highest BCUT2D eigenvalue weighted by Gasteiger charge is 2.43. The quantitative estimate of drug-likeness (QED) is 0.921. The highest BCUT2D eigenvalue weighted by atomic mass is 16.5. The molecule has 4 heteroatoms. The van der Waals surface area contributed by atoms with Crippen LogP contribution in [-0.4, -0.2) is 32.0 Å². The lowest BCUT2D eigenvalue weighted by molar-refractivity contribution is -0.0621. The Morgan fingerprint density at radius 1 is 1.00 bits per heavy atom. The Kier molecular flexibility index (Phi) is 4.55. The van der Waals surface area contributed by atoms with E-state index in [1.807, 2.05) is 48.5 Å². The predicted molar refractivity (Wildman–Crippen MR) is 88.0 cm³/mol. The van der Waals surface area contributed by atoms with E-state index >= 15 is 0 Å². The van der Waals surface area contributed by atoms with Crippen molar-refractivity contribution in [1.29, 1.82) is 0 Å². The zero-order valence-electron chi connectivity index (χ0n) is 13.5. The van der Waals surface area contributed by atoms with E-state index in [1.165, 1.54) is 0 Å². The van der Waals surface area contributed by atoms with E-state index in [2.05, 4.69) is 0 Å². The molecule has 1 saturated heterocycles. The maximum atomic E-state index is 11.7. The first-order valence-electron chi connectivity index (χ1n) is 7.81. The molecule has 2 aromatic rings. The molecule has 0 amide bonds. The summed E-state index contributed by atoms with van der Waals surface area (Å²) in [4.78, 5) is 0. The molecule has 0 aliphatic carbocycles. The number of methoxy groups -OCH3 is 2. The largest absolute Gasteiger partial charge is 0.497 e. The van der Waals surface area contributed by atoms with Crippen LogP contribution in [0, 0.1) is 0 Å². The highest BCUT2D eigenvalue weighted by Crippen LogP contribution is 2.40. The van der Waals surface area contributed by atoms with Crippen molar-refractivity contribution in [2.45, 2.75) is 24.5 Å². The lowest BCUT2D eigenvalue weighted by Crippen LogP contribution is -2.40. The van der Waals surface area contributed by atoms with Gasteiger partial charge in [0.15, 0.2) is 0 Å². The molecule has 4 nitrogen and oxygen atoms in total. The van der Waals surface area contributed by atoms with Crippen molar-refractivity contribution in [3.05, 3.63) is 59.7 Å². The predicted octanol–water partition coefficient (Wildman–Crippen LogP) is 3.12. The molecule has 23 heavy (non-hydrogen) atoms. The molecule has 1 aliphatic heterocycles. The molecule has 1 fully saturated rings. The molecule has 1 aliphatic rings. The average molecular weight is 314 g/mol. The van der Waals surface area contributed by atoms with Gasteiger partial charge in [-0.05, 0) is 48.2 Å². The van der Waals surface area contributed by atoms with Gasteiger partial charge in [-0.1, -0.05) is 24.3 Å². The van der Waals surface area contributed by atoms with Crippen molar-refractivity contribution in [2.75, 3.05) is 20.8 Å². The normalized spacial score (nSPS) is 18.0. The molecular formula is C19H22O4. The van der Waals surface area contributed by atoms with E-state index in [-0.39, 0.29) is 6.10 Å². The van der Waals surface area contributed by atoms with E-state index in [1.54, 1.807) is 14.2 Å². The minimum Gasteiger partial charge on any atom is -0.497 e. The fourth-order valence-electron chi connectivity index (χ4n) is 3.17. The first-order valence-corrected chi connectivity index (χ1v) is 7.81. The molecule has 2 aromatic carbocycles. The Labute approximate surface area is 136 Å². The third-order valence-corrected chi connectivity index (χ3v) is 4.42. The first-order chi connectivity index (χ1) is 11.2. The second-order valence-corrected chi connectivity index (χ2v) is 5.73. The summed E-state index contributed by atoms with van der Waals surface area (Å²) < 4.78 is 16.5. The maximum absolute atomic E-state index is 11.7. The minimum atomic E-state index is -1.24. The van der Waals surface area contributed by atoms with Crippen molar-refractivity contribution in [1.82, 2.24) is 0 Å². The molecule has 0 spiro atoms. The van der Waals surface area contributed by atoms with Gasteiger partial charge in [0.2, 0.25) is 0 Å². The van der Waals surface area contributed by atoms with Crippen LogP contribution in [0.25, 0.3) is 0 Å². The lowest BCUT2D eigenvalue weighted by Gasteiger charge is -2.34. The van der Waals surface area contributed by atoms with Crippen molar-refractivity contribution < 1.29 is 19.3 Å². The number of aliphatic hydroxyl groups is 1. The molecular weight excluding hydrogens is 292 g/mol. The van der Waals surface area contributed by atoms with Gasteiger partial charge in [0.25, 0.3) is 0 Å². The Morgan fingerprint density at radius 2 is 1.57 bits per heavy atom. The van der Waals surface area contributed by atoms with Gasteiger partial charge in [0.05, 0.1) is 20.3 Å². The van der Waals surface area contributed by atoms with E-state index < -0.39 is 5.60 Å². The summed E-state index contributed by atoms with van der Waals surface area (Å²) in [5.41, 5.74) is 0.286. The molecule has 0 aromatic heterocycles. The van der Waals surface area contributed by atoms with E-state index in [0.717, 1.165) is 24.0 Å². The van der Waals surface area contributed by atoms with Gasteiger partial charge < -0.3 is 19.3 Å². The van der Waals surface area contributed by atoms with Crippen molar-refractivity contribution in [2.24, 2.45) is 0 Å². The Bertz CT molecular complexity index is 614. The molecule has 0 saturated carbocycles. The molecule has 0 bridgehead atoms. The number of hydrogen-bond acceptors (Lipinski definition) is 4. The maximum Gasteiger partial charge on any atom is 0.141 e. The summed E-state index contributed by atoms with van der Waals surface area (Å²) in [5, 5.41) is 11.7. The standard InChI is InChI=1S/C19H22O4/c1-21-16-8-3-6-14(12-16)19(20,18-10-5-11-23-18)15-7-4-9-17(13-15)22-2/h3-4,6-9,12-13,18,20H,5,10-11H2,1-2H3. The smallest absolute Gasteiger partial charge is 0.141 e. The number of rotatable bonds is 5. The van der Waals surface area contributed by atoms with Crippen LogP contribution in [0.3, 0.4) is 0 Å². The molecule has 3 rings (SSSR count). The van der Waals surface area contributed by atoms with Crippen LogP contribution < -0.4 is 9.47 Å². The molecule has 1 N–H and O–H groups in total. The van der Waals surface area contributed by atoms with Crippen LogP contribution in [0.2, 0.25) is 0 Å².